The van der Waals surface area contributed by atoms with Gasteiger partial charge in [-0.25, -0.2) is 0 Å². The number of unbranched alkanes of at least 4 members (excludes halogenated alkanes) is 2. The maximum Gasteiger partial charge on any atom is 0.264 e. The summed E-state index contributed by atoms with van der Waals surface area (Å²) < 4.78 is 1.84. The molecule has 0 aliphatic heterocycles. The molecular formula is C27H34N4O3. The molecule has 0 radical (unpaired) electrons. The molecule has 0 spiro atoms. The van der Waals surface area contributed by atoms with Crippen molar-refractivity contribution >= 4 is 28.4 Å². The van der Waals surface area contributed by atoms with Crippen LogP contribution in [0.15, 0.2) is 58.8 Å². The third kappa shape index (κ3) is 6.76. The number of aromatic nitrogens is 1. The maximum absolute atomic E-state index is 12.3. The van der Waals surface area contributed by atoms with E-state index in [-0.39, 0.29) is 24.1 Å². The predicted octanol–water partition coefficient (Wildman–Crippen LogP) is 6.30. The van der Waals surface area contributed by atoms with Crippen LogP contribution < -0.4 is 5.32 Å². The fraction of sp³-hybridized carbons (Fsp3) is 0.407. The zero-order valence-corrected chi connectivity index (χ0v) is 20.3. The minimum Gasteiger partial charge on any atom is -0.493 e. The molecule has 0 aliphatic carbocycles. The Labute approximate surface area is 200 Å². The number of carbonyl (C=O) groups excluding carboxylic acids is 2. The van der Waals surface area contributed by atoms with Crippen LogP contribution in [-0.2, 0) is 11.3 Å². The van der Waals surface area contributed by atoms with Crippen LogP contribution in [0.4, 0.5) is 5.69 Å². The molecule has 7 heteroatoms. The topological polar surface area (TPSA) is 96.1 Å². The van der Waals surface area contributed by atoms with Gasteiger partial charge in [0.05, 0.1) is 5.52 Å². The average Bonchev–Trinajstić information content (AvgIpc) is 3.08. The monoisotopic (exact) mass is 462 g/mol. The molecule has 2 amide bonds. The molecule has 3 rings (SSSR count). The molecule has 0 fully saturated rings. The SMILES string of the molecule is Cc1ccc2c(c1)c(N=NC(=O)CCCCCNC(=O)c1ccccc1)c(O)n2CCC(C)C. The maximum atomic E-state index is 12.3. The quantitative estimate of drug-likeness (QED) is 0.258. The van der Waals surface area contributed by atoms with Crippen molar-refractivity contribution in [1.29, 1.82) is 0 Å². The number of nitrogens with zero attached hydrogens (tertiary/aromatic N) is 3. The Bertz CT molecular complexity index is 1150. The zero-order chi connectivity index (χ0) is 24.5. The lowest BCUT2D eigenvalue weighted by Crippen LogP contribution is -2.24. The summed E-state index contributed by atoms with van der Waals surface area (Å²) in [4.78, 5) is 24.3. The summed E-state index contributed by atoms with van der Waals surface area (Å²) in [6, 6.07) is 15.0. The summed E-state index contributed by atoms with van der Waals surface area (Å²) in [7, 11) is 0. The van der Waals surface area contributed by atoms with Crippen LogP contribution in [0.1, 0.15) is 61.9 Å². The van der Waals surface area contributed by atoms with E-state index in [1.165, 1.54) is 0 Å². The summed E-state index contributed by atoms with van der Waals surface area (Å²) in [6.07, 6.45) is 3.45. The number of hydrogen-bond acceptors (Lipinski definition) is 4. The first kappa shape index (κ1) is 25.1. The highest BCUT2D eigenvalue weighted by Crippen LogP contribution is 2.39. The molecule has 0 bridgehead atoms. The van der Waals surface area contributed by atoms with Crippen molar-refractivity contribution in [3.8, 4) is 5.88 Å². The molecule has 0 unspecified atom stereocenters. The number of aromatic hydroxyl groups is 1. The Morgan fingerprint density at radius 3 is 2.56 bits per heavy atom. The number of nitrogens with one attached hydrogen (secondary N) is 1. The first-order valence-electron chi connectivity index (χ1n) is 12.0. The van der Waals surface area contributed by atoms with E-state index >= 15 is 0 Å². The highest BCUT2D eigenvalue weighted by Gasteiger charge is 2.17. The third-order valence-corrected chi connectivity index (χ3v) is 5.75. The first-order valence-corrected chi connectivity index (χ1v) is 12.0. The lowest BCUT2D eigenvalue weighted by molar-refractivity contribution is -0.118. The number of benzene rings is 2. The predicted molar refractivity (Wildman–Crippen MR) is 135 cm³/mol. The Hall–Kier alpha value is -3.48. The van der Waals surface area contributed by atoms with Crippen LogP contribution >= 0.6 is 0 Å². The standard InChI is InChI=1S/C27H34N4O3/c1-19(2)15-17-31-23-14-13-20(3)18-22(23)25(27(31)34)30-29-24(32)12-8-5-9-16-28-26(33)21-10-6-4-7-11-21/h4,6-7,10-11,13-14,18-19,34H,5,8-9,12,15-17H2,1-3H3,(H,28,33). The molecule has 0 aliphatic rings. The van der Waals surface area contributed by atoms with E-state index in [0.29, 0.717) is 36.7 Å². The Balaban J connectivity index is 1.51. The van der Waals surface area contributed by atoms with Gasteiger partial charge in [-0.3, -0.25) is 9.59 Å². The van der Waals surface area contributed by atoms with Gasteiger partial charge < -0.3 is 15.0 Å². The Morgan fingerprint density at radius 2 is 1.82 bits per heavy atom. The molecule has 1 aromatic heterocycles. The van der Waals surface area contributed by atoms with Gasteiger partial charge in [-0.2, -0.15) is 0 Å². The number of fused-ring (bicyclic) bond motifs is 1. The van der Waals surface area contributed by atoms with Crippen LogP contribution in [0, 0.1) is 12.8 Å². The van der Waals surface area contributed by atoms with Crippen molar-refractivity contribution in [2.75, 3.05) is 6.54 Å². The fourth-order valence-corrected chi connectivity index (χ4v) is 3.78. The van der Waals surface area contributed by atoms with Crippen LogP contribution in [0.25, 0.3) is 10.9 Å². The average molecular weight is 463 g/mol. The zero-order valence-electron chi connectivity index (χ0n) is 20.3. The van der Waals surface area contributed by atoms with Crippen molar-refractivity contribution in [3.05, 3.63) is 59.7 Å². The smallest absolute Gasteiger partial charge is 0.264 e. The fourth-order valence-electron chi connectivity index (χ4n) is 3.78. The van der Waals surface area contributed by atoms with E-state index in [0.717, 1.165) is 35.7 Å². The van der Waals surface area contributed by atoms with E-state index in [1.807, 2.05) is 47.9 Å². The normalized spacial score (nSPS) is 11.5. The second-order valence-electron chi connectivity index (χ2n) is 9.05. The van der Waals surface area contributed by atoms with Crippen LogP contribution in [-0.4, -0.2) is 28.0 Å². The second-order valence-corrected chi connectivity index (χ2v) is 9.05. The van der Waals surface area contributed by atoms with Gasteiger partial charge in [0.25, 0.3) is 11.8 Å². The summed E-state index contributed by atoms with van der Waals surface area (Å²) in [5, 5.41) is 22.5. The highest BCUT2D eigenvalue weighted by molar-refractivity contribution is 5.96. The first-order chi connectivity index (χ1) is 16.4. The molecule has 2 aromatic carbocycles. The van der Waals surface area contributed by atoms with E-state index in [2.05, 4.69) is 29.4 Å². The van der Waals surface area contributed by atoms with Gasteiger partial charge in [-0.05, 0) is 56.4 Å². The molecule has 1 heterocycles. The van der Waals surface area contributed by atoms with Crippen molar-refractivity contribution in [2.45, 2.75) is 59.4 Å². The molecule has 0 saturated carbocycles. The summed E-state index contributed by atoms with van der Waals surface area (Å²) in [5.41, 5.74) is 2.93. The van der Waals surface area contributed by atoms with Crippen molar-refractivity contribution < 1.29 is 14.7 Å². The number of amides is 2. The molecule has 0 atom stereocenters. The molecule has 3 aromatic rings. The van der Waals surface area contributed by atoms with Crippen molar-refractivity contribution in [3.63, 3.8) is 0 Å². The lowest BCUT2D eigenvalue weighted by atomic mass is 10.1. The highest BCUT2D eigenvalue weighted by atomic mass is 16.3. The minimum absolute atomic E-state index is 0.0481. The van der Waals surface area contributed by atoms with Crippen LogP contribution in [0.5, 0.6) is 5.88 Å². The molecule has 2 N–H and O–H groups in total. The summed E-state index contributed by atoms with van der Waals surface area (Å²) in [5.74, 6) is 0.143. The summed E-state index contributed by atoms with van der Waals surface area (Å²) >= 11 is 0. The van der Waals surface area contributed by atoms with E-state index < -0.39 is 0 Å². The van der Waals surface area contributed by atoms with Gasteiger partial charge in [-0.1, -0.05) is 50.1 Å². The molecular weight excluding hydrogens is 428 g/mol. The summed E-state index contributed by atoms with van der Waals surface area (Å²) in [6.45, 7) is 7.50. The van der Waals surface area contributed by atoms with Gasteiger partial charge in [0, 0.05) is 30.5 Å². The Morgan fingerprint density at radius 1 is 1.06 bits per heavy atom. The minimum atomic E-state index is -0.316. The van der Waals surface area contributed by atoms with Crippen LogP contribution in [0.2, 0.25) is 0 Å². The molecule has 7 nitrogen and oxygen atoms in total. The van der Waals surface area contributed by atoms with Gasteiger partial charge >= 0.3 is 0 Å². The number of hydrogen-bond donors (Lipinski definition) is 2. The number of aryl methyl sites for hydroxylation is 2. The number of carbonyl (C=O) groups is 2. The number of azo groups is 1. The van der Waals surface area contributed by atoms with Crippen LogP contribution in [0.3, 0.4) is 0 Å². The molecule has 0 saturated heterocycles. The van der Waals surface area contributed by atoms with E-state index in [4.69, 9.17) is 0 Å². The third-order valence-electron chi connectivity index (χ3n) is 5.75. The van der Waals surface area contributed by atoms with Gasteiger partial charge in [0.1, 0.15) is 0 Å². The van der Waals surface area contributed by atoms with Gasteiger partial charge in [0.15, 0.2) is 5.69 Å². The van der Waals surface area contributed by atoms with E-state index in [1.54, 1.807) is 12.1 Å². The molecule has 34 heavy (non-hydrogen) atoms. The van der Waals surface area contributed by atoms with Gasteiger partial charge in [-0.15, -0.1) is 10.2 Å². The molecule has 180 valence electrons. The lowest BCUT2D eigenvalue weighted by Gasteiger charge is -2.09. The largest absolute Gasteiger partial charge is 0.493 e. The second kappa shape index (κ2) is 12.1. The van der Waals surface area contributed by atoms with Crippen molar-refractivity contribution in [1.82, 2.24) is 9.88 Å². The van der Waals surface area contributed by atoms with E-state index in [9.17, 15) is 14.7 Å². The van der Waals surface area contributed by atoms with Crippen molar-refractivity contribution in [2.24, 2.45) is 16.1 Å². The number of rotatable bonds is 11. The Kier molecular flexibility index (Phi) is 8.96. The van der Waals surface area contributed by atoms with Gasteiger partial charge in [0.2, 0.25) is 5.88 Å².